The number of hydrogen-bond acceptors (Lipinski definition) is 3. The lowest BCUT2D eigenvalue weighted by Crippen LogP contribution is -2.16. The zero-order valence-electron chi connectivity index (χ0n) is 27.5. The highest BCUT2D eigenvalue weighted by atomic mass is 15.1. The molecule has 0 radical (unpaired) electrons. The number of fused-ring (bicyclic) bond motifs is 10. The summed E-state index contributed by atoms with van der Waals surface area (Å²) < 4.78 is 2.32. The van der Waals surface area contributed by atoms with Gasteiger partial charge in [0.25, 0.3) is 0 Å². The van der Waals surface area contributed by atoms with E-state index >= 15 is 0 Å². The van der Waals surface area contributed by atoms with E-state index < -0.39 is 0 Å². The first-order valence-electron chi connectivity index (χ1n) is 16.9. The van der Waals surface area contributed by atoms with E-state index in [0.29, 0.717) is 0 Å². The molecule has 3 aromatic heterocycles. The van der Waals surface area contributed by atoms with Crippen LogP contribution in [0, 0.1) is 6.92 Å². The van der Waals surface area contributed by atoms with Crippen molar-refractivity contribution >= 4 is 66.3 Å². The van der Waals surface area contributed by atoms with E-state index in [9.17, 15) is 0 Å². The van der Waals surface area contributed by atoms with Crippen molar-refractivity contribution in [2.45, 2.75) is 20.3 Å². The lowest BCUT2D eigenvalue weighted by molar-refractivity contribution is 1.19. The van der Waals surface area contributed by atoms with E-state index in [0.717, 1.165) is 78.2 Å². The lowest BCUT2D eigenvalue weighted by Gasteiger charge is -2.29. The van der Waals surface area contributed by atoms with Gasteiger partial charge in [0.1, 0.15) is 5.65 Å². The van der Waals surface area contributed by atoms with Gasteiger partial charge in [-0.1, -0.05) is 104 Å². The van der Waals surface area contributed by atoms with Crippen LogP contribution in [0.3, 0.4) is 0 Å². The molecule has 0 aliphatic rings. The number of para-hydroxylation sites is 3. The van der Waals surface area contributed by atoms with Gasteiger partial charge in [0.05, 0.1) is 22.1 Å². The summed E-state index contributed by atoms with van der Waals surface area (Å²) in [6, 6.07) is 52.0. The van der Waals surface area contributed by atoms with Crippen molar-refractivity contribution in [3.63, 3.8) is 0 Å². The second-order valence-corrected chi connectivity index (χ2v) is 12.6. The smallest absolute Gasteiger partial charge is 0.146 e. The number of pyridine rings is 2. The SMILES string of the molecule is CC/C=C(\c1ccccc1C)N(c1ccccc1)c1ccc(-c2ccc3c4c(ccc5cccnc54)c4nc5ccccc5n4c3c2)cc1. The molecule has 0 fully saturated rings. The minimum Gasteiger partial charge on any atom is -0.310 e. The number of rotatable bonds is 6. The van der Waals surface area contributed by atoms with Gasteiger partial charge in [0, 0.05) is 50.4 Å². The van der Waals surface area contributed by atoms with Crippen LogP contribution >= 0.6 is 0 Å². The van der Waals surface area contributed by atoms with Crippen molar-refractivity contribution in [2.24, 2.45) is 0 Å². The Morgan fingerprint density at radius 1 is 0.673 bits per heavy atom. The zero-order chi connectivity index (χ0) is 32.9. The first-order valence-corrected chi connectivity index (χ1v) is 16.9. The third-order valence-corrected chi connectivity index (χ3v) is 9.62. The summed E-state index contributed by atoms with van der Waals surface area (Å²) in [5, 5.41) is 4.54. The van der Waals surface area contributed by atoms with Crippen LogP contribution in [0.25, 0.3) is 66.1 Å². The Labute approximate surface area is 285 Å². The van der Waals surface area contributed by atoms with Crippen LogP contribution in [0.15, 0.2) is 158 Å². The molecule has 0 atom stereocenters. The molecule has 3 heterocycles. The Morgan fingerprint density at radius 3 is 2.24 bits per heavy atom. The molecule has 0 aliphatic carbocycles. The Hall–Kier alpha value is -6.26. The summed E-state index contributed by atoms with van der Waals surface area (Å²) in [7, 11) is 0. The van der Waals surface area contributed by atoms with Crippen molar-refractivity contribution in [2.75, 3.05) is 4.90 Å². The Balaban J connectivity index is 1.23. The Kier molecular flexibility index (Phi) is 6.94. The Morgan fingerprint density at radius 2 is 1.41 bits per heavy atom. The molecule has 0 aliphatic heterocycles. The Bertz CT molecular complexity index is 2700. The topological polar surface area (TPSA) is 33.4 Å². The largest absolute Gasteiger partial charge is 0.310 e. The van der Waals surface area contributed by atoms with E-state index in [2.05, 4.69) is 169 Å². The number of nitrogens with zero attached hydrogens (tertiary/aromatic N) is 4. The molecular formula is C45H34N4. The van der Waals surface area contributed by atoms with Crippen LogP contribution in [-0.2, 0) is 0 Å². The summed E-state index contributed by atoms with van der Waals surface area (Å²) in [6.07, 6.45) is 5.14. The van der Waals surface area contributed by atoms with Crippen LogP contribution in [0.2, 0.25) is 0 Å². The molecule has 0 bridgehead atoms. The number of imidazole rings is 1. The highest BCUT2D eigenvalue weighted by Crippen LogP contribution is 2.40. The number of allylic oxidation sites excluding steroid dienone is 1. The van der Waals surface area contributed by atoms with Crippen molar-refractivity contribution in [1.29, 1.82) is 0 Å². The van der Waals surface area contributed by atoms with Gasteiger partial charge in [-0.3, -0.25) is 9.38 Å². The minimum absolute atomic E-state index is 0.930. The van der Waals surface area contributed by atoms with Gasteiger partial charge in [-0.05, 0) is 84.6 Å². The molecule has 4 heteroatoms. The number of aryl methyl sites for hydroxylation is 1. The lowest BCUT2D eigenvalue weighted by atomic mass is 9.98. The quantitative estimate of drug-likeness (QED) is 0.171. The highest BCUT2D eigenvalue weighted by Gasteiger charge is 2.19. The standard InChI is InChI=1S/C45H34N4/c1-3-12-40(36-17-8-7-13-30(36)2)48(34-15-5-4-6-16-34)35-24-20-31(21-25-35)33-23-26-37-42(29-33)49-41-19-10-9-18-39(41)47-45(49)38-27-22-32-14-11-28-46-44(32)43(37)38/h4-29H,3H2,1-2H3/b40-12+. The van der Waals surface area contributed by atoms with Gasteiger partial charge in [-0.25, -0.2) is 4.98 Å². The molecule has 0 N–H and O–H groups in total. The first-order chi connectivity index (χ1) is 24.2. The van der Waals surface area contributed by atoms with Crippen molar-refractivity contribution in [1.82, 2.24) is 14.4 Å². The molecule has 234 valence electrons. The van der Waals surface area contributed by atoms with Crippen LogP contribution in [0.5, 0.6) is 0 Å². The maximum atomic E-state index is 5.15. The van der Waals surface area contributed by atoms with Gasteiger partial charge < -0.3 is 4.90 Å². The van der Waals surface area contributed by atoms with Gasteiger partial charge >= 0.3 is 0 Å². The predicted octanol–water partition coefficient (Wildman–Crippen LogP) is 11.9. The average molecular weight is 631 g/mol. The van der Waals surface area contributed by atoms with Crippen molar-refractivity contribution in [3.05, 3.63) is 169 Å². The van der Waals surface area contributed by atoms with Crippen LogP contribution < -0.4 is 4.90 Å². The number of benzene rings is 6. The van der Waals surface area contributed by atoms with E-state index in [1.807, 2.05) is 12.3 Å². The first kappa shape index (κ1) is 28.9. The number of anilines is 2. The van der Waals surface area contributed by atoms with Gasteiger partial charge in [0.2, 0.25) is 0 Å². The maximum Gasteiger partial charge on any atom is 0.146 e. The van der Waals surface area contributed by atoms with E-state index in [1.54, 1.807) is 0 Å². The van der Waals surface area contributed by atoms with Gasteiger partial charge in [0.15, 0.2) is 0 Å². The van der Waals surface area contributed by atoms with E-state index in [4.69, 9.17) is 9.97 Å². The summed E-state index contributed by atoms with van der Waals surface area (Å²) >= 11 is 0. The summed E-state index contributed by atoms with van der Waals surface area (Å²) in [5.41, 5.74) is 13.4. The summed E-state index contributed by atoms with van der Waals surface area (Å²) in [5.74, 6) is 0. The fraction of sp³-hybridized carbons (Fsp3) is 0.0667. The fourth-order valence-electron chi connectivity index (χ4n) is 7.34. The molecule has 6 aromatic carbocycles. The van der Waals surface area contributed by atoms with E-state index in [1.165, 1.54) is 16.8 Å². The summed E-state index contributed by atoms with van der Waals surface area (Å²) in [6.45, 7) is 4.39. The molecule has 0 amide bonds. The molecule has 49 heavy (non-hydrogen) atoms. The number of aromatic nitrogens is 3. The molecule has 0 spiro atoms. The molecular weight excluding hydrogens is 597 g/mol. The third kappa shape index (κ3) is 4.76. The minimum atomic E-state index is 0.930. The monoisotopic (exact) mass is 630 g/mol. The van der Waals surface area contributed by atoms with Crippen LogP contribution in [0.1, 0.15) is 24.5 Å². The van der Waals surface area contributed by atoms with Gasteiger partial charge in [-0.2, -0.15) is 0 Å². The predicted molar refractivity (Wildman–Crippen MR) is 206 cm³/mol. The average Bonchev–Trinajstić information content (AvgIpc) is 3.55. The van der Waals surface area contributed by atoms with Crippen LogP contribution in [-0.4, -0.2) is 14.4 Å². The molecule has 9 rings (SSSR count). The molecule has 0 unspecified atom stereocenters. The van der Waals surface area contributed by atoms with Crippen LogP contribution in [0.4, 0.5) is 11.4 Å². The summed E-state index contributed by atoms with van der Waals surface area (Å²) in [4.78, 5) is 12.4. The van der Waals surface area contributed by atoms with Gasteiger partial charge in [-0.15, -0.1) is 0 Å². The zero-order valence-corrected chi connectivity index (χ0v) is 27.5. The maximum absolute atomic E-state index is 5.15. The normalized spacial score (nSPS) is 12.1. The number of hydrogen-bond donors (Lipinski definition) is 0. The molecule has 0 saturated carbocycles. The molecule has 9 aromatic rings. The second-order valence-electron chi connectivity index (χ2n) is 12.6. The molecule has 4 nitrogen and oxygen atoms in total. The van der Waals surface area contributed by atoms with E-state index in [-0.39, 0.29) is 0 Å². The highest BCUT2D eigenvalue weighted by molar-refractivity contribution is 6.23. The fourth-order valence-corrected chi connectivity index (χ4v) is 7.34. The molecule has 0 saturated heterocycles. The third-order valence-electron chi connectivity index (χ3n) is 9.62. The van der Waals surface area contributed by atoms with Crippen molar-refractivity contribution in [3.8, 4) is 11.1 Å². The second kappa shape index (κ2) is 11.8. The van der Waals surface area contributed by atoms with Crippen molar-refractivity contribution < 1.29 is 0 Å².